The summed E-state index contributed by atoms with van der Waals surface area (Å²) in [5, 5.41) is 2.84. The van der Waals surface area contributed by atoms with Crippen molar-refractivity contribution in [2.24, 2.45) is 0 Å². The molecule has 2 heterocycles. The predicted octanol–water partition coefficient (Wildman–Crippen LogP) is 3.43. The summed E-state index contributed by atoms with van der Waals surface area (Å²) in [6, 6.07) is 10.8. The molecule has 5 nitrogen and oxygen atoms in total. The largest absolute Gasteiger partial charge is 0.463 e. The van der Waals surface area contributed by atoms with Gasteiger partial charge in [-0.25, -0.2) is 4.98 Å². The summed E-state index contributed by atoms with van der Waals surface area (Å²) in [6.07, 6.45) is 4.76. The van der Waals surface area contributed by atoms with Crippen LogP contribution in [0.2, 0.25) is 0 Å². The molecule has 0 radical (unpaired) electrons. The molecule has 0 saturated heterocycles. The lowest BCUT2D eigenvalue weighted by molar-refractivity contribution is 0.0950. The molecular formula is C16H12BrN3O2. The van der Waals surface area contributed by atoms with Gasteiger partial charge in [-0.05, 0) is 36.4 Å². The van der Waals surface area contributed by atoms with Crippen LogP contribution in [-0.4, -0.2) is 15.9 Å². The summed E-state index contributed by atoms with van der Waals surface area (Å²) >= 11 is 3.34. The third-order valence-electron chi connectivity index (χ3n) is 3.05. The maximum atomic E-state index is 12.1. The first kappa shape index (κ1) is 14.5. The molecule has 3 rings (SSSR count). The maximum absolute atomic E-state index is 12.1. The number of nitrogens with one attached hydrogen (secondary N) is 1. The lowest BCUT2D eigenvalue weighted by Gasteiger charge is -2.07. The fourth-order valence-electron chi connectivity index (χ4n) is 1.98. The van der Waals surface area contributed by atoms with Gasteiger partial charge in [0.15, 0.2) is 5.76 Å². The summed E-state index contributed by atoms with van der Waals surface area (Å²) in [7, 11) is 0. The Labute approximate surface area is 135 Å². The highest BCUT2D eigenvalue weighted by Gasteiger charge is 2.12. The molecule has 0 aliphatic heterocycles. The van der Waals surface area contributed by atoms with Gasteiger partial charge in [-0.3, -0.25) is 9.78 Å². The molecule has 1 amide bonds. The SMILES string of the molecule is O=C(NCc1nccnc1-c1ccco1)c1ccc(Br)cc1. The molecule has 6 heteroatoms. The van der Waals surface area contributed by atoms with Crippen molar-refractivity contribution >= 4 is 21.8 Å². The third-order valence-corrected chi connectivity index (χ3v) is 3.58. The number of amides is 1. The number of rotatable bonds is 4. The number of furan rings is 1. The molecule has 0 fully saturated rings. The van der Waals surface area contributed by atoms with E-state index in [1.807, 2.05) is 18.2 Å². The molecule has 0 saturated carbocycles. The van der Waals surface area contributed by atoms with Gasteiger partial charge in [-0.2, -0.15) is 0 Å². The number of hydrogen-bond donors (Lipinski definition) is 1. The molecule has 0 spiro atoms. The molecule has 3 aromatic rings. The van der Waals surface area contributed by atoms with E-state index in [-0.39, 0.29) is 12.5 Å². The summed E-state index contributed by atoms with van der Waals surface area (Å²) in [5.74, 6) is 0.463. The highest BCUT2D eigenvalue weighted by molar-refractivity contribution is 9.10. The first-order chi connectivity index (χ1) is 10.7. The van der Waals surface area contributed by atoms with Crippen LogP contribution in [0.3, 0.4) is 0 Å². The van der Waals surface area contributed by atoms with Crippen LogP contribution in [-0.2, 0) is 6.54 Å². The summed E-state index contributed by atoms with van der Waals surface area (Å²) in [5.41, 5.74) is 1.87. The average molecular weight is 358 g/mol. The molecule has 0 unspecified atom stereocenters. The first-order valence-electron chi connectivity index (χ1n) is 6.61. The van der Waals surface area contributed by atoms with Gasteiger partial charge in [0.1, 0.15) is 5.69 Å². The number of carbonyl (C=O) groups excluding carboxylic acids is 1. The van der Waals surface area contributed by atoms with Crippen LogP contribution < -0.4 is 5.32 Å². The number of nitrogens with zero attached hydrogens (tertiary/aromatic N) is 2. The van der Waals surface area contributed by atoms with Crippen molar-refractivity contribution in [2.45, 2.75) is 6.54 Å². The molecule has 2 aromatic heterocycles. The standard InChI is InChI=1S/C16H12BrN3O2/c17-12-5-3-11(4-6-12)16(21)20-10-13-15(19-8-7-18-13)14-2-1-9-22-14/h1-9H,10H2,(H,20,21). The Morgan fingerprint density at radius 3 is 2.64 bits per heavy atom. The van der Waals surface area contributed by atoms with Crippen LogP contribution in [0, 0.1) is 0 Å². The zero-order valence-corrected chi connectivity index (χ0v) is 13.1. The monoisotopic (exact) mass is 357 g/mol. The van der Waals surface area contributed by atoms with Gasteiger partial charge >= 0.3 is 0 Å². The number of carbonyl (C=O) groups is 1. The van der Waals surface area contributed by atoms with Crippen LogP contribution in [0.4, 0.5) is 0 Å². The number of hydrogen-bond acceptors (Lipinski definition) is 4. The predicted molar refractivity (Wildman–Crippen MR) is 85.0 cm³/mol. The van der Waals surface area contributed by atoms with Crippen molar-refractivity contribution in [1.29, 1.82) is 0 Å². The van der Waals surface area contributed by atoms with E-state index in [2.05, 4.69) is 31.2 Å². The zero-order valence-electron chi connectivity index (χ0n) is 11.5. The fraction of sp³-hybridized carbons (Fsp3) is 0.0625. The van der Waals surface area contributed by atoms with Crippen molar-refractivity contribution < 1.29 is 9.21 Å². The molecule has 1 N–H and O–H groups in total. The normalized spacial score (nSPS) is 10.4. The van der Waals surface area contributed by atoms with E-state index in [0.717, 1.165) is 4.47 Å². The van der Waals surface area contributed by atoms with Crippen molar-refractivity contribution in [3.8, 4) is 11.5 Å². The number of halogens is 1. The molecule has 22 heavy (non-hydrogen) atoms. The second-order valence-electron chi connectivity index (χ2n) is 4.52. The molecule has 0 aliphatic carbocycles. The summed E-state index contributed by atoms with van der Waals surface area (Å²) in [6.45, 7) is 0.277. The average Bonchev–Trinajstić information content (AvgIpc) is 3.08. The molecule has 0 bridgehead atoms. The minimum Gasteiger partial charge on any atom is -0.463 e. The maximum Gasteiger partial charge on any atom is 0.251 e. The van der Waals surface area contributed by atoms with Gasteiger partial charge in [-0.1, -0.05) is 15.9 Å². The van der Waals surface area contributed by atoms with Crippen LogP contribution in [0.1, 0.15) is 16.1 Å². The molecule has 0 atom stereocenters. The van der Waals surface area contributed by atoms with Crippen LogP contribution in [0.5, 0.6) is 0 Å². The first-order valence-corrected chi connectivity index (χ1v) is 7.41. The molecule has 0 aliphatic rings. The van der Waals surface area contributed by atoms with E-state index in [0.29, 0.717) is 22.7 Å². The lowest BCUT2D eigenvalue weighted by atomic mass is 10.2. The summed E-state index contributed by atoms with van der Waals surface area (Å²) < 4.78 is 6.27. The Kier molecular flexibility index (Phi) is 4.29. The van der Waals surface area contributed by atoms with E-state index in [1.165, 1.54) is 0 Å². The molecular weight excluding hydrogens is 346 g/mol. The highest BCUT2D eigenvalue weighted by atomic mass is 79.9. The second kappa shape index (κ2) is 6.53. The topological polar surface area (TPSA) is 68.0 Å². The van der Waals surface area contributed by atoms with Crippen molar-refractivity contribution in [3.05, 3.63) is 70.8 Å². The van der Waals surface area contributed by atoms with Crippen LogP contribution >= 0.6 is 15.9 Å². The van der Waals surface area contributed by atoms with E-state index in [9.17, 15) is 4.79 Å². The van der Waals surface area contributed by atoms with Gasteiger partial charge in [0, 0.05) is 22.4 Å². The Morgan fingerprint density at radius 1 is 1.14 bits per heavy atom. The van der Waals surface area contributed by atoms with E-state index in [1.54, 1.807) is 36.9 Å². The Balaban J connectivity index is 1.74. The summed E-state index contributed by atoms with van der Waals surface area (Å²) in [4.78, 5) is 20.7. The second-order valence-corrected chi connectivity index (χ2v) is 5.43. The van der Waals surface area contributed by atoms with Crippen LogP contribution in [0.25, 0.3) is 11.5 Å². The Morgan fingerprint density at radius 2 is 1.91 bits per heavy atom. The van der Waals surface area contributed by atoms with Crippen molar-refractivity contribution in [2.75, 3.05) is 0 Å². The minimum absolute atomic E-state index is 0.163. The van der Waals surface area contributed by atoms with Gasteiger partial charge in [0.2, 0.25) is 0 Å². The fourth-order valence-corrected chi connectivity index (χ4v) is 2.25. The smallest absolute Gasteiger partial charge is 0.251 e. The van der Waals surface area contributed by atoms with E-state index in [4.69, 9.17) is 4.42 Å². The highest BCUT2D eigenvalue weighted by Crippen LogP contribution is 2.19. The lowest BCUT2D eigenvalue weighted by Crippen LogP contribution is -2.23. The van der Waals surface area contributed by atoms with Crippen LogP contribution in [0.15, 0.2) is 63.9 Å². The van der Waals surface area contributed by atoms with Gasteiger partial charge in [0.25, 0.3) is 5.91 Å². The quantitative estimate of drug-likeness (QED) is 0.776. The molecule has 1 aromatic carbocycles. The third kappa shape index (κ3) is 3.23. The van der Waals surface area contributed by atoms with E-state index < -0.39 is 0 Å². The number of benzene rings is 1. The van der Waals surface area contributed by atoms with Gasteiger partial charge < -0.3 is 9.73 Å². The zero-order chi connectivity index (χ0) is 15.4. The Hall–Kier alpha value is -2.47. The Bertz CT molecular complexity index is 770. The number of aromatic nitrogens is 2. The molecule has 110 valence electrons. The van der Waals surface area contributed by atoms with E-state index >= 15 is 0 Å². The van der Waals surface area contributed by atoms with Crippen molar-refractivity contribution in [3.63, 3.8) is 0 Å². The van der Waals surface area contributed by atoms with Gasteiger partial charge in [0.05, 0.1) is 18.5 Å². The van der Waals surface area contributed by atoms with Crippen molar-refractivity contribution in [1.82, 2.24) is 15.3 Å². The minimum atomic E-state index is -0.163. The van der Waals surface area contributed by atoms with Gasteiger partial charge in [-0.15, -0.1) is 0 Å².